The van der Waals surface area contributed by atoms with E-state index >= 15 is 0 Å². The summed E-state index contributed by atoms with van der Waals surface area (Å²) in [4.78, 5) is 15.4. The molecule has 5 heteroatoms. The van der Waals surface area contributed by atoms with E-state index in [-0.39, 0.29) is 0 Å². The normalized spacial score (nSPS) is 10.8. The van der Waals surface area contributed by atoms with Crippen LogP contribution in [0.3, 0.4) is 0 Å². The maximum atomic E-state index is 10.8. The molecule has 0 radical (unpaired) electrons. The highest BCUT2D eigenvalue weighted by Crippen LogP contribution is 2.14. The van der Waals surface area contributed by atoms with Gasteiger partial charge in [0, 0.05) is 11.3 Å². The van der Waals surface area contributed by atoms with Gasteiger partial charge < -0.3 is 4.74 Å². The van der Waals surface area contributed by atoms with Crippen molar-refractivity contribution in [1.29, 1.82) is 0 Å². The number of methoxy groups -OCH3 is 1. The third-order valence-electron chi connectivity index (χ3n) is 1.73. The Kier molecular flexibility index (Phi) is 5.88. The summed E-state index contributed by atoms with van der Waals surface area (Å²) in [6.07, 6.45) is 0.916. The largest absolute Gasteiger partial charge is 0.534 e. The summed E-state index contributed by atoms with van der Waals surface area (Å²) in [7, 11) is 1.23. The fraction of sp³-hybridized carbons (Fsp3) is 0.167. The molecular formula is C12H13NO3S. The zero-order chi connectivity index (χ0) is 12.5. The van der Waals surface area contributed by atoms with Crippen molar-refractivity contribution < 1.29 is 14.4 Å². The van der Waals surface area contributed by atoms with Crippen LogP contribution in [-0.4, -0.2) is 24.1 Å². The number of benzene rings is 1. The number of carbonyl (C=O) groups excluding carboxylic acids is 1. The van der Waals surface area contributed by atoms with E-state index in [1.807, 2.05) is 30.3 Å². The number of thioether (sulfide) groups is 1. The minimum absolute atomic E-state index is 0.607. The van der Waals surface area contributed by atoms with Gasteiger partial charge in [0.05, 0.1) is 7.11 Å². The molecule has 0 aliphatic heterocycles. The summed E-state index contributed by atoms with van der Waals surface area (Å²) in [5, 5.41) is 4.37. The van der Waals surface area contributed by atoms with Gasteiger partial charge in [0.1, 0.15) is 5.04 Å². The van der Waals surface area contributed by atoms with Gasteiger partial charge >= 0.3 is 6.16 Å². The maximum Gasteiger partial charge on any atom is 0.534 e. The Morgan fingerprint density at radius 2 is 2.18 bits per heavy atom. The van der Waals surface area contributed by atoms with Gasteiger partial charge in [-0.05, 0) is 0 Å². The summed E-state index contributed by atoms with van der Waals surface area (Å²) >= 11 is 1.43. The number of nitrogens with zero attached hydrogens (tertiary/aromatic N) is 1. The van der Waals surface area contributed by atoms with Gasteiger partial charge in [-0.3, -0.25) is 4.84 Å². The monoisotopic (exact) mass is 251 g/mol. The maximum absolute atomic E-state index is 10.8. The van der Waals surface area contributed by atoms with E-state index in [9.17, 15) is 4.79 Å². The second kappa shape index (κ2) is 7.51. The number of hydrogen-bond donors (Lipinski definition) is 0. The molecule has 0 saturated carbocycles. The van der Waals surface area contributed by atoms with Crippen molar-refractivity contribution in [2.45, 2.75) is 0 Å². The Bertz CT molecular complexity index is 403. The lowest BCUT2D eigenvalue weighted by Crippen LogP contribution is -2.03. The van der Waals surface area contributed by atoms with Crippen molar-refractivity contribution in [2.24, 2.45) is 5.16 Å². The first kappa shape index (κ1) is 13.3. The van der Waals surface area contributed by atoms with Crippen molar-refractivity contribution in [3.63, 3.8) is 0 Å². The zero-order valence-electron chi connectivity index (χ0n) is 9.46. The van der Waals surface area contributed by atoms with Gasteiger partial charge in [-0.2, -0.15) is 0 Å². The van der Waals surface area contributed by atoms with Gasteiger partial charge in [0.2, 0.25) is 0 Å². The molecule has 0 amide bonds. The lowest BCUT2D eigenvalue weighted by molar-refractivity contribution is 0.0757. The van der Waals surface area contributed by atoms with E-state index in [1.165, 1.54) is 18.9 Å². The average molecular weight is 251 g/mol. The van der Waals surface area contributed by atoms with Crippen LogP contribution in [0.2, 0.25) is 0 Å². The molecule has 90 valence electrons. The van der Waals surface area contributed by atoms with Gasteiger partial charge in [-0.25, -0.2) is 4.79 Å². The molecule has 0 unspecified atom stereocenters. The Morgan fingerprint density at radius 1 is 1.47 bits per heavy atom. The number of rotatable bonds is 4. The van der Waals surface area contributed by atoms with Crippen molar-refractivity contribution in [3.8, 4) is 0 Å². The molecule has 0 aliphatic carbocycles. The molecule has 0 aromatic heterocycles. The molecule has 0 spiro atoms. The van der Waals surface area contributed by atoms with Crippen molar-refractivity contribution >= 4 is 23.0 Å². The van der Waals surface area contributed by atoms with E-state index in [2.05, 4.69) is 21.3 Å². The fourth-order valence-electron chi connectivity index (χ4n) is 0.997. The highest BCUT2D eigenvalue weighted by atomic mass is 32.2. The topological polar surface area (TPSA) is 47.9 Å². The van der Waals surface area contributed by atoms with E-state index in [1.54, 1.807) is 6.08 Å². The number of oxime groups is 1. The number of ether oxygens (including phenoxy) is 1. The Morgan fingerprint density at radius 3 is 2.76 bits per heavy atom. The van der Waals surface area contributed by atoms with Crippen LogP contribution in [0.25, 0.3) is 0 Å². The second-order valence-corrected chi connectivity index (χ2v) is 3.92. The van der Waals surface area contributed by atoms with Crippen LogP contribution in [0, 0.1) is 0 Å². The Hall–Kier alpha value is -1.75. The average Bonchev–Trinajstić information content (AvgIpc) is 2.39. The van der Waals surface area contributed by atoms with Crippen LogP contribution < -0.4 is 0 Å². The minimum Gasteiger partial charge on any atom is -0.436 e. The first-order valence-corrected chi connectivity index (χ1v) is 5.88. The highest BCUT2D eigenvalue weighted by Gasteiger charge is 2.06. The molecule has 0 fully saturated rings. The van der Waals surface area contributed by atoms with Crippen LogP contribution in [0.5, 0.6) is 0 Å². The summed E-state index contributed by atoms with van der Waals surface area (Å²) in [6, 6.07) is 9.44. The standard InChI is InChI=1S/C12H13NO3S/c1-3-9-17-11(13-16-12(14)15-2)10-7-5-4-6-8-10/h3-8H,1,9H2,2H3/b13-11-. The highest BCUT2D eigenvalue weighted by molar-refractivity contribution is 8.14. The van der Waals surface area contributed by atoms with Gasteiger partial charge in [-0.1, -0.05) is 53.3 Å². The molecule has 1 rings (SSSR count). The quantitative estimate of drug-likeness (QED) is 0.206. The molecule has 1 aromatic rings. The fourth-order valence-corrected chi connectivity index (χ4v) is 1.67. The van der Waals surface area contributed by atoms with Crippen LogP contribution >= 0.6 is 11.8 Å². The van der Waals surface area contributed by atoms with Crippen LogP contribution in [0.4, 0.5) is 4.79 Å². The van der Waals surface area contributed by atoms with Gasteiger partial charge in [0.15, 0.2) is 0 Å². The zero-order valence-corrected chi connectivity index (χ0v) is 10.3. The Labute approximate surface area is 104 Å². The van der Waals surface area contributed by atoms with Gasteiger partial charge in [-0.15, -0.1) is 6.58 Å². The van der Waals surface area contributed by atoms with Crippen molar-refractivity contribution in [3.05, 3.63) is 48.6 Å². The molecule has 0 atom stereocenters. The molecule has 0 aliphatic rings. The lowest BCUT2D eigenvalue weighted by atomic mass is 10.2. The Balaban J connectivity index is 2.80. The molecule has 1 aromatic carbocycles. The first-order chi connectivity index (χ1) is 8.27. The predicted molar refractivity (Wildman–Crippen MR) is 69.1 cm³/mol. The van der Waals surface area contributed by atoms with E-state index in [0.717, 1.165) is 5.56 Å². The van der Waals surface area contributed by atoms with Crippen molar-refractivity contribution in [2.75, 3.05) is 12.9 Å². The van der Waals surface area contributed by atoms with E-state index in [0.29, 0.717) is 10.8 Å². The molecule has 17 heavy (non-hydrogen) atoms. The van der Waals surface area contributed by atoms with E-state index < -0.39 is 6.16 Å². The summed E-state index contributed by atoms with van der Waals surface area (Å²) in [6.45, 7) is 3.63. The van der Waals surface area contributed by atoms with Gasteiger partial charge in [0.25, 0.3) is 0 Å². The smallest absolute Gasteiger partial charge is 0.436 e. The minimum atomic E-state index is -0.836. The van der Waals surface area contributed by atoms with Crippen LogP contribution in [0.1, 0.15) is 5.56 Å². The second-order valence-electron chi connectivity index (χ2n) is 2.91. The molecule has 4 nitrogen and oxygen atoms in total. The molecule has 0 heterocycles. The lowest BCUT2D eigenvalue weighted by Gasteiger charge is -2.03. The first-order valence-electron chi connectivity index (χ1n) is 4.90. The molecule has 0 saturated heterocycles. The van der Waals surface area contributed by atoms with Crippen LogP contribution in [-0.2, 0) is 9.57 Å². The number of hydrogen-bond acceptors (Lipinski definition) is 5. The molecular weight excluding hydrogens is 238 g/mol. The molecule has 0 N–H and O–H groups in total. The predicted octanol–water partition coefficient (Wildman–Crippen LogP) is 3.05. The van der Waals surface area contributed by atoms with E-state index in [4.69, 9.17) is 0 Å². The molecule has 0 bridgehead atoms. The summed E-state index contributed by atoms with van der Waals surface area (Å²) in [5.41, 5.74) is 0.878. The third kappa shape index (κ3) is 4.74. The SMILES string of the molecule is C=CCS/C(=N\OC(=O)OC)c1ccccc1. The summed E-state index contributed by atoms with van der Waals surface area (Å²) < 4.78 is 4.34. The van der Waals surface area contributed by atoms with Crippen LogP contribution in [0.15, 0.2) is 48.1 Å². The van der Waals surface area contributed by atoms with Crippen molar-refractivity contribution in [1.82, 2.24) is 0 Å². The summed E-state index contributed by atoms with van der Waals surface area (Å²) in [5.74, 6) is 0.679. The third-order valence-corrected chi connectivity index (χ3v) is 2.71. The number of carbonyl (C=O) groups is 1.